The summed E-state index contributed by atoms with van der Waals surface area (Å²) in [4.78, 5) is 16.8. The molecule has 0 aromatic heterocycles. The highest BCUT2D eigenvalue weighted by Crippen LogP contribution is 2.15. The predicted molar refractivity (Wildman–Crippen MR) is 84.3 cm³/mol. The largest absolute Gasteiger partial charge is 0.375 e. The van der Waals surface area contributed by atoms with E-state index in [0.29, 0.717) is 19.2 Å². The number of nitrogens with one attached hydrogen (secondary N) is 1. The highest BCUT2D eigenvalue weighted by molar-refractivity contribution is 5.78. The summed E-state index contributed by atoms with van der Waals surface area (Å²) < 4.78 is 5.52. The molecule has 1 unspecified atom stereocenters. The Hall–Kier alpha value is -0.650. The van der Waals surface area contributed by atoms with E-state index in [1.54, 1.807) is 0 Å². The third-order valence-corrected chi connectivity index (χ3v) is 4.61. The Bertz CT molecular complexity index is 329. The van der Waals surface area contributed by atoms with Crippen LogP contribution in [0.5, 0.6) is 0 Å². The van der Waals surface area contributed by atoms with E-state index in [1.165, 1.54) is 12.8 Å². The number of carbonyl (C=O) groups is 1. The molecule has 122 valence electrons. The lowest BCUT2D eigenvalue weighted by Crippen LogP contribution is -2.50. The topological polar surface area (TPSA) is 44.8 Å². The third kappa shape index (κ3) is 5.24. The molecule has 0 aliphatic carbocycles. The molecule has 21 heavy (non-hydrogen) atoms. The average molecular weight is 297 g/mol. The van der Waals surface area contributed by atoms with Crippen molar-refractivity contribution in [3.63, 3.8) is 0 Å². The summed E-state index contributed by atoms with van der Waals surface area (Å²) in [5, 5.41) is 3.41. The van der Waals surface area contributed by atoms with Gasteiger partial charge in [0.25, 0.3) is 0 Å². The molecule has 0 aromatic carbocycles. The van der Waals surface area contributed by atoms with Crippen LogP contribution < -0.4 is 5.32 Å². The van der Waals surface area contributed by atoms with E-state index in [-0.39, 0.29) is 12.0 Å². The molecule has 0 radical (unpaired) electrons. The van der Waals surface area contributed by atoms with Crippen molar-refractivity contribution in [3.8, 4) is 0 Å². The van der Waals surface area contributed by atoms with Gasteiger partial charge in [-0.15, -0.1) is 0 Å². The molecule has 5 nitrogen and oxygen atoms in total. The van der Waals surface area contributed by atoms with E-state index in [1.807, 2.05) is 11.8 Å². The predicted octanol–water partition coefficient (Wildman–Crippen LogP) is 0.944. The van der Waals surface area contributed by atoms with Gasteiger partial charge in [-0.25, -0.2) is 0 Å². The smallest absolute Gasteiger partial charge is 0.236 e. The van der Waals surface area contributed by atoms with E-state index < -0.39 is 0 Å². The molecule has 1 atom stereocenters. The van der Waals surface area contributed by atoms with Crippen molar-refractivity contribution in [1.29, 1.82) is 0 Å². The van der Waals surface area contributed by atoms with Gasteiger partial charge in [0, 0.05) is 25.7 Å². The van der Waals surface area contributed by atoms with Gasteiger partial charge in [-0.2, -0.15) is 0 Å². The first-order valence-corrected chi connectivity index (χ1v) is 8.40. The van der Waals surface area contributed by atoms with Crippen molar-refractivity contribution >= 4 is 5.91 Å². The molecule has 2 rings (SSSR count). The Morgan fingerprint density at radius 2 is 2.10 bits per heavy atom. The van der Waals surface area contributed by atoms with Crippen molar-refractivity contribution < 1.29 is 9.53 Å². The summed E-state index contributed by atoms with van der Waals surface area (Å²) in [6, 6.07) is 0.419. The number of hydrogen-bond acceptors (Lipinski definition) is 4. The highest BCUT2D eigenvalue weighted by atomic mass is 16.5. The molecular weight excluding hydrogens is 266 g/mol. The van der Waals surface area contributed by atoms with E-state index in [4.69, 9.17) is 4.74 Å². The van der Waals surface area contributed by atoms with Crippen molar-refractivity contribution in [2.24, 2.45) is 5.92 Å². The van der Waals surface area contributed by atoms with Crippen LogP contribution in [0.4, 0.5) is 0 Å². The zero-order valence-corrected chi connectivity index (χ0v) is 13.8. The van der Waals surface area contributed by atoms with E-state index in [9.17, 15) is 4.79 Å². The van der Waals surface area contributed by atoms with Gasteiger partial charge in [0.05, 0.1) is 19.3 Å². The standard InChI is InChI=1S/C16H31N3O2/c1-13(2)19(11-15-4-6-17-7-5-15)12-16(20)18-8-9-21-14(3)10-18/h13-15,17H,4-12H2,1-3H3. The van der Waals surface area contributed by atoms with Gasteiger partial charge in [-0.3, -0.25) is 9.69 Å². The Kier molecular flexibility index (Phi) is 6.45. The Labute approximate surface area is 129 Å². The summed E-state index contributed by atoms with van der Waals surface area (Å²) in [7, 11) is 0. The molecule has 2 saturated heterocycles. The molecule has 0 aromatic rings. The lowest BCUT2D eigenvalue weighted by Gasteiger charge is -2.36. The minimum absolute atomic E-state index is 0.166. The number of amides is 1. The zero-order chi connectivity index (χ0) is 15.2. The Balaban J connectivity index is 1.84. The summed E-state index contributed by atoms with van der Waals surface area (Å²) in [5.74, 6) is 0.984. The van der Waals surface area contributed by atoms with Gasteiger partial charge in [0.1, 0.15) is 0 Å². The molecule has 2 fully saturated rings. The number of piperidine rings is 1. The van der Waals surface area contributed by atoms with Crippen LogP contribution in [-0.4, -0.2) is 73.7 Å². The molecular formula is C16H31N3O2. The number of morpholine rings is 1. The fraction of sp³-hybridized carbons (Fsp3) is 0.938. The van der Waals surface area contributed by atoms with Crippen molar-refractivity contribution in [2.75, 3.05) is 45.9 Å². The summed E-state index contributed by atoms with van der Waals surface area (Å²) >= 11 is 0. The van der Waals surface area contributed by atoms with E-state index in [2.05, 4.69) is 24.1 Å². The van der Waals surface area contributed by atoms with Gasteiger partial charge in [0.15, 0.2) is 0 Å². The van der Waals surface area contributed by atoms with Crippen molar-refractivity contribution in [2.45, 2.75) is 45.8 Å². The van der Waals surface area contributed by atoms with Crippen LogP contribution in [0.2, 0.25) is 0 Å². The quantitative estimate of drug-likeness (QED) is 0.820. The molecule has 5 heteroatoms. The van der Waals surface area contributed by atoms with Gasteiger partial charge in [0.2, 0.25) is 5.91 Å². The molecule has 1 amide bonds. The Morgan fingerprint density at radius 3 is 2.71 bits per heavy atom. The minimum atomic E-state index is 0.166. The van der Waals surface area contributed by atoms with E-state index >= 15 is 0 Å². The highest BCUT2D eigenvalue weighted by Gasteiger charge is 2.25. The first-order chi connectivity index (χ1) is 10.1. The summed E-state index contributed by atoms with van der Waals surface area (Å²) in [6.07, 6.45) is 2.62. The maximum absolute atomic E-state index is 12.5. The molecule has 2 aliphatic rings. The SMILES string of the molecule is CC1CN(C(=O)CN(CC2CCNCC2)C(C)C)CCO1. The molecule has 0 saturated carbocycles. The normalized spacial score (nSPS) is 24.8. The first-order valence-electron chi connectivity index (χ1n) is 8.40. The maximum Gasteiger partial charge on any atom is 0.236 e. The van der Waals surface area contributed by atoms with Crippen LogP contribution in [0.1, 0.15) is 33.6 Å². The summed E-state index contributed by atoms with van der Waals surface area (Å²) in [6.45, 7) is 12.4. The average Bonchev–Trinajstić information content (AvgIpc) is 2.47. The zero-order valence-electron chi connectivity index (χ0n) is 13.8. The monoisotopic (exact) mass is 297 g/mol. The van der Waals surface area contributed by atoms with E-state index in [0.717, 1.165) is 38.6 Å². The van der Waals surface area contributed by atoms with Gasteiger partial charge in [-0.1, -0.05) is 0 Å². The second-order valence-electron chi connectivity index (χ2n) is 6.74. The van der Waals surface area contributed by atoms with Crippen molar-refractivity contribution in [3.05, 3.63) is 0 Å². The van der Waals surface area contributed by atoms with Crippen LogP contribution >= 0.6 is 0 Å². The third-order valence-electron chi connectivity index (χ3n) is 4.61. The lowest BCUT2D eigenvalue weighted by atomic mass is 9.97. The number of hydrogen-bond donors (Lipinski definition) is 1. The first kappa shape index (κ1) is 16.7. The van der Waals surface area contributed by atoms with Gasteiger partial charge >= 0.3 is 0 Å². The second-order valence-corrected chi connectivity index (χ2v) is 6.74. The van der Waals surface area contributed by atoms with Crippen LogP contribution in [-0.2, 0) is 9.53 Å². The van der Waals surface area contributed by atoms with Gasteiger partial charge < -0.3 is 15.0 Å². The molecule has 2 aliphatic heterocycles. The maximum atomic E-state index is 12.5. The molecule has 0 spiro atoms. The number of ether oxygens (including phenoxy) is 1. The van der Waals surface area contributed by atoms with Gasteiger partial charge in [-0.05, 0) is 52.6 Å². The molecule has 1 N–H and O–H groups in total. The van der Waals surface area contributed by atoms with Crippen LogP contribution in [0, 0.1) is 5.92 Å². The number of nitrogens with zero attached hydrogens (tertiary/aromatic N) is 2. The summed E-state index contributed by atoms with van der Waals surface area (Å²) in [5.41, 5.74) is 0. The second kappa shape index (κ2) is 8.11. The molecule has 0 bridgehead atoms. The minimum Gasteiger partial charge on any atom is -0.375 e. The molecule has 2 heterocycles. The van der Waals surface area contributed by atoms with Crippen molar-refractivity contribution in [1.82, 2.24) is 15.1 Å². The number of rotatable bonds is 5. The fourth-order valence-electron chi connectivity index (χ4n) is 3.17. The fourth-order valence-corrected chi connectivity index (χ4v) is 3.17. The van der Waals surface area contributed by atoms with Crippen LogP contribution in [0.3, 0.4) is 0 Å². The lowest BCUT2D eigenvalue weighted by molar-refractivity contribution is -0.140. The van der Waals surface area contributed by atoms with Crippen LogP contribution in [0.25, 0.3) is 0 Å². The van der Waals surface area contributed by atoms with Crippen LogP contribution in [0.15, 0.2) is 0 Å². The Morgan fingerprint density at radius 1 is 1.38 bits per heavy atom. The number of carbonyl (C=O) groups excluding carboxylic acids is 1.